The molecule has 2 aromatic rings. The van der Waals surface area contributed by atoms with E-state index in [2.05, 4.69) is 10.0 Å². The van der Waals surface area contributed by atoms with Gasteiger partial charge in [-0.15, -0.1) is 0 Å². The lowest BCUT2D eigenvalue weighted by atomic mass is 9.99. The third-order valence-electron chi connectivity index (χ3n) is 4.54. The van der Waals surface area contributed by atoms with Crippen molar-refractivity contribution in [1.29, 1.82) is 0 Å². The molecular formula is C19H19ClFN3O5S. The maximum atomic E-state index is 13.3. The highest BCUT2D eigenvalue weighted by atomic mass is 35.5. The Labute approximate surface area is 179 Å². The maximum Gasteiger partial charge on any atom is 0.341 e. The molecule has 30 heavy (non-hydrogen) atoms. The summed E-state index contributed by atoms with van der Waals surface area (Å²) in [5.41, 5.74) is 1.10. The zero-order valence-electron chi connectivity index (χ0n) is 15.8. The van der Waals surface area contributed by atoms with Gasteiger partial charge in [-0.2, -0.15) is 0 Å². The van der Waals surface area contributed by atoms with Crippen molar-refractivity contribution in [3.63, 3.8) is 0 Å². The average Bonchev–Trinajstić information content (AvgIpc) is 2.71. The molecular weight excluding hydrogens is 437 g/mol. The molecule has 0 spiro atoms. The number of hydrogen-bond acceptors (Lipinski definition) is 4. The van der Waals surface area contributed by atoms with Crippen LogP contribution in [0, 0.1) is 5.82 Å². The fourth-order valence-corrected chi connectivity index (χ4v) is 4.19. The highest BCUT2D eigenvalue weighted by molar-refractivity contribution is 7.80. The van der Waals surface area contributed by atoms with Crippen LogP contribution in [-0.2, 0) is 20.8 Å². The van der Waals surface area contributed by atoms with Gasteiger partial charge < -0.3 is 15.2 Å². The van der Waals surface area contributed by atoms with Crippen LogP contribution in [0.1, 0.15) is 18.0 Å². The van der Waals surface area contributed by atoms with Gasteiger partial charge in [0.25, 0.3) is 0 Å². The summed E-state index contributed by atoms with van der Waals surface area (Å²) in [6.45, 7) is -0.453. The van der Waals surface area contributed by atoms with Crippen LogP contribution in [-0.4, -0.2) is 45.2 Å². The van der Waals surface area contributed by atoms with Crippen molar-refractivity contribution < 1.29 is 28.0 Å². The summed E-state index contributed by atoms with van der Waals surface area (Å²) in [4.78, 5) is 23.4. The van der Waals surface area contributed by atoms with Crippen molar-refractivity contribution >= 4 is 40.3 Å². The molecule has 3 unspecified atom stereocenters. The van der Waals surface area contributed by atoms with Crippen molar-refractivity contribution in [1.82, 2.24) is 9.03 Å². The summed E-state index contributed by atoms with van der Waals surface area (Å²) < 4.78 is 35.2. The molecule has 11 heteroatoms. The first-order valence-corrected chi connectivity index (χ1v) is 10.3. The van der Waals surface area contributed by atoms with E-state index in [9.17, 15) is 18.2 Å². The second-order valence-electron chi connectivity index (χ2n) is 6.59. The number of rotatable bonds is 6. The van der Waals surface area contributed by atoms with Crippen LogP contribution in [0.25, 0.3) is 0 Å². The molecule has 3 rings (SSSR count). The zero-order valence-corrected chi connectivity index (χ0v) is 17.4. The fraction of sp³-hybridized carbons (Fsp3) is 0.263. The Morgan fingerprint density at radius 2 is 2.03 bits per heavy atom. The number of nitrogens with one attached hydrogen (secondary N) is 2. The molecule has 0 aromatic heterocycles. The molecule has 1 fully saturated rings. The number of halogens is 2. The Bertz CT molecular complexity index is 975. The van der Waals surface area contributed by atoms with Crippen LogP contribution in [0.2, 0.25) is 5.02 Å². The number of amides is 1. The predicted octanol–water partition coefficient (Wildman–Crippen LogP) is 2.49. The minimum atomic E-state index is -1.62. The summed E-state index contributed by atoms with van der Waals surface area (Å²) in [5, 5.41) is 11.2. The Kier molecular flexibility index (Phi) is 7.03. The molecule has 8 nitrogen and oxygen atoms in total. The maximum absolute atomic E-state index is 13.3. The summed E-state index contributed by atoms with van der Waals surface area (Å²) in [6, 6.07) is 9.39. The Balaban J connectivity index is 1.71. The zero-order chi connectivity index (χ0) is 21.8. The molecule has 160 valence electrons. The number of anilines is 1. The highest BCUT2D eigenvalue weighted by Crippen LogP contribution is 2.28. The van der Waals surface area contributed by atoms with Crippen molar-refractivity contribution in [2.45, 2.75) is 18.5 Å². The Morgan fingerprint density at radius 3 is 2.67 bits per heavy atom. The van der Waals surface area contributed by atoms with Crippen molar-refractivity contribution in [3.8, 4) is 5.75 Å². The predicted molar refractivity (Wildman–Crippen MR) is 110 cm³/mol. The second-order valence-corrected chi connectivity index (χ2v) is 8.30. The number of hydrogen-bond donors (Lipinski definition) is 3. The third kappa shape index (κ3) is 5.33. The number of carboxylic acids is 1. The topological polar surface area (TPSA) is 108 Å². The lowest BCUT2D eigenvalue weighted by Gasteiger charge is -2.35. The van der Waals surface area contributed by atoms with Crippen LogP contribution in [0.15, 0.2) is 42.5 Å². The van der Waals surface area contributed by atoms with E-state index >= 15 is 0 Å². The third-order valence-corrected chi connectivity index (χ3v) is 6.09. The van der Waals surface area contributed by atoms with Gasteiger partial charge in [-0.25, -0.2) is 22.4 Å². The monoisotopic (exact) mass is 455 g/mol. The molecule has 1 aliphatic rings. The number of benzene rings is 2. The molecule has 0 saturated carbocycles. The van der Waals surface area contributed by atoms with E-state index in [1.807, 2.05) is 0 Å². The van der Waals surface area contributed by atoms with Gasteiger partial charge in [-0.05, 0) is 42.3 Å². The van der Waals surface area contributed by atoms with Gasteiger partial charge in [0, 0.05) is 18.8 Å². The number of ether oxygens (including phenoxy) is 1. The van der Waals surface area contributed by atoms with E-state index in [0.717, 1.165) is 11.6 Å². The van der Waals surface area contributed by atoms with Gasteiger partial charge in [0.15, 0.2) is 17.8 Å². The molecule has 0 bridgehead atoms. The van der Waals surface area contributed by atoms with Crippen LogP contribution in [0.4, 0.5) is 10.1 Å². The van der Waals surface area contributed by atoms with Gasteiger partial charge in [0.05, 0.1) is 5.02 Å². The van der Waals surface area contributed by atoms with Gasteiger partial charge in [-0.1, -0.05) is 23.7 Å². The molecule has 3 atom stereocenters. The van der Waals surface area contributed by atoms with E-state index in [1.165, 1.54) is 16.4 Å². The van der Waals surface area contributed by atoms with Gasteiger partial charge in [0.1, 0.15) is 17.6 Å². The first kappa shape index (κ1) is 22.2. The quantitative estimate of drug-likeness (QED) is 0.620. The standard InChI is InChI=1S/C19H19ClFN3O5S/c1-24-17(19(27)22-12-4-7-15(21)14(20)8-12)9-16(23-30(24)28)11-2-5-13(6-3-11)29-10-18(25)26/h2-8,16-17,23H,9-10H2,1H3,(H,22,27)(H,25,26). The largest absolute Gasteiger partial charge is 0.482 e. The average molecular weight is 456 g/mol. The van der Waals surface area contributed by atoms with E-state index in [-0.39, 0.29) is 11.1 Å². The summed E-state index contributed by atoms with van der Waals surface area (Å²) in [7, 11) is 1.56. The molecule has 1 saturated heterocycles. The van der Waals surface area contributed by atoms with E-state index in [4.69, 9.17) is 21.4 Å². The summed E-state index contributed by atoms with van der Waals surface area (Å²) >= 11 is 4.13. The van der Waals surface area contributed by atoms with Crippen LogP contribution >= 0.6 is 11.6 Å². The van der Waals surface area contributed by atoms with E-state index in [1.54, 1.807) is 31.3 Å². The van der Waals surface area contributed by atoms with Gasteiger partial charge >= 0.3 is 5.97 Å². The molecule has 1 heterocycles. The number of aliphatic carboxylic acids is 1. The molecule has 0 radical (unpaired) electrons. The van der Waals surface area contributed by atoms with E-state index in [0.29, 0.717) is 17.9 Å². The molecule has 2 aromatic carbocycles. The smallest absolute Gasteiger partial charge is 0.341 e. The molecule has 0 aliphatic carbocycles. The van der Waals surface area contributed by atoms with Crippen molar-refractivity contribution in [2.75, 3.05) is 19.0 Å². The fourth-order valence-electron chi connectivity index (χ4n) is 2.96. The first-order valence-electron chi connectivity index (χ1n) is 8.86. The van der Waals surface area contributed by atoms with Crippen molar-refractivity contribution in [2.24, 2.45) is 0 Å². The Morgan fingerprint density at radius 1 is 1.33 bits per heavy atom. The summed E-state index contributed by atoms with van der Waals surface area (Å²) in [6.07, 6.45) is 0.318. The minimum absolute atomic E-state index is 0.113. The number of carbonyl (C=O) groups is 2. The lowest BCUT2D eigenvalue weighted by Crippen LogP contribution is -2.53. The molecule has 1 amide bonds. The molecule has 1 aliphatic heterocycles. The van der Waals surface area contributed by atoms with Gasteiger partial charge in [-0.3, -0.25) is 4.79 Å². The minimum Gasteiger partial charge on any atom is -0.482 e. The number of carboxylic acid groups (broad SMARTS) is 1. The van der Waals surface area contributed by atoms with Gasteiger partial charge in [0.2, 0.25) is 5.91 Å². The number of likely N-dealkylation sites (N-methyl/N-ethyl adjacent to an activating group) is 1. The van der Waals surface area contributed by atoms with Crippen molar-refractivity contribution in [3.05, 3.63) is 58.9 Å². The van der Waals surface area contributed by atoms with E-state index < -0.39 is 41.5 Å². The lowest BCUT2D eigenvalue weighted by molar-refractivity contribution is -0.139. The summed E-state index contributed by atoms with van der Waals surface area (Å²) in [5.74, 6) is -1.69. The SMILES string of the molecule is CN1C(C(=O)Nc2ccc(F)c(Cl)c2)CC(c2ccc(OCC(=O)O)cc2)NS1=O. The van der Waals surface area contributed by atoms with Crippen LogP contribution < -0.4 is 14.8 Å². The first-order chi connectivity index (χ1) is 14.2. The number of nitrogens with zero attached hydrogens (tertiary/aromatic N) is 1. The van der Waals surface area contributed by atoms with Crippen LogP contribution in [0.5, 0.6) is 5.75 Å². The number of carbonyl (C=O) groups excluding carboxylic acids is 1. The van der Waals surface area contributed by atoms with Crippen LogP contribution in [0.3, 0.4) is 0 Å². The normalized spacial score (nSPS) is 21.8. The Hall–Kier alpha value is -2.53. The molecule has 3 N–H and O–H groups in total. The second kappa shape index (κ2) is 9.52. The highest BCUT2D eigenvalue weighted by Gasteiger charge is 2.36.